The Morgan fingerprint density at radius 1 is 1.05 bits per heavy atom. The van der Waals surface area contributed by atoms with Gasteiger partial charge in [-0.2, -0.15) is 4.98 Å². The van der Waals surface area contributed by atoms with Gasteiger partial charge in [-0.1, -0.05) is 30.3 Å². The van der Waals surface area contributed by atoms with E-state index < -0.39 is 29.0 Å². The number of aromatic amines is 1. The fraction of sp³-hybridized carbons (Fsp3) is 0.400. The van der Waals surface area contributed by atoms with E-state index in [0.717, 1.165) is 16.7 Å². The maximum atomic E-state index is 12.8. The Morgan fingerprint density at radius 3 is 2.48 bits per heavy atom. The number of ether oxygens (including phenoxy) is 1. The Kier molecular flexibility index (Phi) is 9.36. The highest BCUT2D eigenvalue weighted by molar-refractivity contribution is 5.81. The third kappa shape index (κ3) is 7.78. The van der Waals surface area contributed by atoms with Crippen molar-refractivity contribution in [3.8, 4) is 11.5 Å². The predicted octanol–water partition coefficient (Wildman–Crippen LogP) is 3.69. The highest BCUT2D eigenvalue weighted by atomic mass is 16.6. The van der Waals surface area contributed by atoms with E-state index in [0.29, 0.717) is 23.9 Å². The molecule has 2 heterocycles. The van der Waals surface area contributed by atoms with Crippen LogP contribution in [0.15, 0.2) is 52.1 Å². The molecule has 2 amide bonds. The maximum Gasteiger partial charge on any atom is 0.407 e. The largest absolute Gasteiger partial charge is 0.444 e. The number of carbonyl (C=O) groups is 2. The van der Waals surface area contributed by atoms with E-state index in [-0.39, 0.29) is 37.0 Å². The van der Waals surface area contributed by atoms with E-state index in [4.69, 9.17) is 9.57 Å². The van der Waals surface area contributed by atoms with Crippen molar-refractivity contribution in [2.45, 2.75) is 72.1 Å². The van der Waals surface area contributed by atoms with Crippen LogP contribution in [0.2, 0.25) is 0 Å². The second kappa shape index (κ2) is 12.9. The van der Waals surface area contributed by atoms with Crippen LogP contribution in [0.4, 0.5) is 4.79 Å². The molecule has 0 saturated carbocycles. The summed E-state index contributed by atoms with van der Waals surface area (Å²) >= 11 is 0. The number of fused-ring (bicyclic) bond motifs is 2. The van der Waals surface area contributed by atoms with E-state index >= 15 is 0 Å². The van der Waals surface area contributed by atoms with Gasteiger partial charge in [-0.3, -0.25) is 19.4 Å². The Labute approximate surface area is 242 Å². The number of aromatic nitrogens is 4. The van der Waals surface area contributed by atoms with Crippen molar-refractivity contribution in [3.05, 3.63) is 80.0 Å². The summed E-state index contributed by atoms with van der Waals surface area (Å²) in [7, 11) is 0. The van der Waals surface area contributed by atoms with Crippen LogP contribution in [-0.4, -0.2) is 43.7 Å². The van der Waals surface area contributed by atoms with Gasteiger partial charge in [0.2, 0.25) is 5.91 Å². The van der Waals surface area contributed by atoms with Crippen molar-refractivity contribution in [3.63, 3.8) is 0 Å². The lowest BCUT2D eigenvalue weighted by atomic mass is 10.0. The van der Waals surface area contributed by atoms with Crippen LogP contribution in [0, 0.1) is 13.8 Å². The van der Waals surface area contributed by atoms with Gasteiger partial charge in [0.1, 0.15) is 5.60 Å². The van der Waals surface area contributed by atoms with E-state index in [1.165, 1.54) is 0 Å². The minimum absolute atomic E-state index is 0.000300. The first-order chi connectivity index (χ1) is 19.9. The standard InChI is InChI=1S/C30H36N6O6/c1-18-14-22-23(15-19(18)2)36(26-25(32-22)27(38)34-28(39)33-26)21(16-31-29(40)42-30(3,4)5)12-9-13-24(37)35-41-17-20-10-7-6-8-11-20/h6-8,10-11,14-15,21H,9,12-13,16-17H2,1-5H3,(H,31,40)(H,35,37)(H,34,38,39). The molecule has 2 aromatic rings. The average Bonchev–Trinajstić information content (AvgIpc) is 2.90. The molecule has 12 heteroatoms. The van der Waals surface area contributed by atoms with E-state index in [1.807, 2.05) is 56.3 Å². The van der Waals surface area contributed by atoms with Gasteiger partial charge in [0.15, 0.2) is 11.5 Å². The van der Waals surface area contributed by atoms with Crippen molar-refractivity contribution in [1.82, 2.24) is 30.3 Å². The molecule has 1 atom stereocenters. The Morgan fingerprint density at radius 2 is 1.76 bits per heavy atom. The van der Waals surface area contributed by atoms with Crippen molar-refractivity contribution < 1.29 is 19.2 Å². The first-order valence-electron chi connectivity index (χ1n) is 13.8. The van der Waals surface area contributed by atoms with Crippen LogP contribution >= 0.6 is 0 Å². The molecule has 42 heavy (non-hydrogen) atoms. The molecule has 0 spiro atoms. The number of carbonyl (C=O) groups excluding carboxylic acids is 2. The van der Waals surface area contributed by atoms with E-state index in [1.54, 1.807) is 25.3 Å². The van der Waals surface area contributed by atoms with Crippen LogP contribution in [0.25, 0.3) is 22.6 Å². The minimum atomic E-state index is -0.806. The number of benzene rings is 2. The molecule has 3 N–H and O–H groups in total. The molecule has 2 aromatic carbocycles. The number of aryl methyl sites for hydroxylation is 2. The number of H-pyrrole nitrogens is 1. The zero-order valence-corrected chi connectivity index (χ0v) is 24.4. The van der Waals surface area contributed by atoms with Crippen molar-refractivity contribution >= 4 is 23.0 Å². The number of hydrogen-bond donors (Lipinski definition) is 3. The zero-order chi connectivity index (χ0) is 30.4. The number of nitrogens with zero attached hydrogens (tertiary/aromatic N) is 3. The smallest absolute Gasteiger partial charge is 0.407 e. The van der Waals surface area contributed by atoms with Gasteiger partial charge in [-0.25, -0.2) is 20.1 Å². The number of hydrogen-bond acceptors (Lipinski definition) is 8. The summed E-state index contributed by atoms with van der Waals surface area (Å²) in [6, 6.07) is 12.7. The molecule has 2 aliphatic heterocycles. The van der Waals surface area contributed by atoms with Crippen molar-refractivity contribution in [1.29, 1.82) is 0 Å². The minimum Gasteiger partial charge on any atom is -0.444 e. The molecule has 0 aliphatic carbocycles. The summed E-state index contributed by atoms with van der Waals surface area (Å²) in [5, 5.41) is 2.79. The number of alkyl carbamates (subject to hydrolysis) is 1. The first kappa shape index (κ1) is 30.4. The van der Waals surface area contributed by atoms with Crippen LogP contribution in [0.3, 0.4) is 0 Å². The molecular formula is C30H36N6O6. The molecular weight excluding hydrogens is 540 g/mol. The summed E-state index contributed by atoms with van der Waals surface area (Å²) in [6.45, 7) is 9.48. The molecule has 0 fully saturated rings. The van der Waals surface area contributed by atoms with Crippen molar-refractivity contribution in [2.24, 2.45) is 0 Å². The van der Waals surface area contributed by atoms with Gasteiger partial charge < -0.3 is 14.6 Å². The number of rotatable bonds is 10. The number of nitrogens with one attached hydrogen (secondary N) is 3. The fourth-order valence-corrected chi connectivity index (χ4v) is 4.54. The highest BCUT2D eigenvalue weighted by Crippen LogP contribution is 2.29. The summed E-state index contributed by atoms with van der Waals surface area (Å²) in [6.07, 6.45) is 0.303. The van der Waals surface area contributed by atoms with Gasteiger partial charge in [-0.15, -0.1) is 0 Å². The molecule has 222 valence electrons. The van der Waals surface area contributed by atoms with Crippen LogP contribution in [0.5, 0.6) is 0 Å². The fourth-order valence-electron chi connectivity index (χ4n) is 4.54. The van der Waals surface area contributed by atoms with Gasteiger partial charge in [0.25, 0.3) is 5.56 Å². The van der Waals surface area contributed by atoms with Gasteiger partial charge >= 0.3 is 11.8 Å². The summed E-state index contributed by atoms with van der Waals surface area (Å²) in [5.74, 6) is -0.215. The SMILES string of the molecule is Cc1cc2nc3c(=O)[nH]c(=O)nc-3n(C(CCCC(=O)NOCc3ccccc3)CNC(=O)OC(C)(C)C)c2cc1C. The lowest BCUT2D eigenvalue weighted by Gasteiger charge is -2.27. The van der Waals surface area contributed by atoms with Gasteiger partial charge in [0, 0.05) is 13.0 Å². The molecule has 2 aliphatic rings. The second-order valence-electron chi connectivity index (χ2n) is 11.2. The van der Waals surface area contributed by atoms with E-state index in [9.17, 15) is 19.2 Å². The zero-order valence-electron chi connectivity index (χ0n) is 24.4. The lowest BCUT2D eigenvalue weighted by molar-refractivity contribution is -0.134. The Balaban J connectivity index is 1.62. The second-order valence-corrected chi connectivity index (χ2v) is 11.2. The average molecular weight is 577 g/mol. The molecule has 1 unspecified atom stereocenters. The van der Waals surface area contributed by atoms with Gasteiger partial charge in [0.05, 0.1) is 23.7 Å². The molecule has 0 bridgehead atoms. The quantitative estimate of drug-likeness (QED) is 0.191. The highest BCUT2D eigenvalue weighted by Gasteiger charge is 2.26. The third-order valence-corrected chi connectivity index (χ3v) is 6.62. The van der Waals surface area contributed by atoms with Crippen molar-refractivity contribution in [2.75, 3.05) is 6.54 Å². The van der Waals surface area contributed by atoms with E-state index in [2.05, 4.69) is 25.7 Å². The molecule has 0 radical (unpaired) electrons. The lowest BCUT2D eigenvalue weighted by Crippen LogP contribution is -2.37. The number of amides is 2. The molecule has 0 aromatic heterocycles. The third-order valence-electron chi connectivity index (χ3n) is 6.62. The summed E-state index contributed by atoms with van der Waals surface area (Å²) in [5.41, 5.74) is 4.32. The molecule has 12 nitrogen and oxygen atoms in total. The van der Waals surface area contributed by atoms with Crippen LogP contribution in [-0.2, 0) is 21.0 Å². The predicted molar refractivity (Wildman–Crippen MR) is 157 cm³/mol. The van der Waals surface area contributed by atoms with Gasteiger partial charge in [-0.05, 0) is 76.3 Å². The normalized spacial score (nSPS) is 12.3. The monoisotopic (exact) mass is 576 g/mol. The Hall–Kier alpha value is -4.58. The molecule has 4 rings (SSSR count). The first-order valence-corrected chi connectivity index (χ1v) is 13.8. The Bertz CT molecular complexity index is 1660. The summed E-state index contributed by atoms with van der Waals surface area (Å²) < 4.78 is 7.17. The number of hydroxylamine groups is 1. The maximum absolute atomic E-state index is 12.8. The van der Waals surface area contributed by atoms with Crippen LogP contribution < -0.4 is 22.0 Å². The van der Waals surface area contributed by atoms with Crippen LogP contribution in [0.1, 0.15) is 62.8 Å². The molecule has 0 saturated heterocycles. The summed E-state index contributed by atoms with van der Waals surface area (Å²) in [4.78, 5) is 66.3. The topological polar surface area (TPSA) is 157 Å².